The van der Waals surface area contributed by atoms with Gasteiger partial charge in [-0.15, -0.1) is 0 Å². The van der Waals surface area contributed by atoms with Crippen molar-refractivity contribution in [2.24, 2.45) is 11.7 Å². The van der Waals surface area contributed by atoms with E-state index in [-0.39, 0.29) is 24.7 Å². The number of nitrogens with zero attached hydrogens (tertiary/aromatic N) is 1. The van der Waals surface area contributed by atoms with E-state index in [4.69, 9.17) is 11.7 Å². The third-order valence-corrected chi connectivity index (χ3v) is 2.80. The summed E-state index contributed by atoms with van der Waals surface area (Å²) in [6.45, 7) is 2.73. The number of rotatable bonds is 10. The number of hydrazine groups is 2. The summed E-state index contributed by atoms with van der Waals surface area (Å²) >= 11 is 0. The van der Waals surface area contributed by atoms with Crippen LogP contribution < -0.4 is 17.1 Å². The van der Waals surface area contributed by atoms with Crippen LogP contribution in [-0.4, -0.2) is 23.4 Å². The van der Waals surface area contributed by atoms with Crippen molar-refractivity contribution in [1.29, 1.82) is 0 Å². The molecule has 0 spiro atoms. The number of hydrogen-bond donors (Lipinski definition) is 3. The van der Waals surface area contributed by atoms with Gasteiger partial charge in [-0.05, 0) is 6.42 Å². The van der Waals surface area contributed by atoms with E-state index in [0.717, 1.165) is 12.8 Å². The molecule has 0 saturated carbocycles. The summed E-state index contributed by atoms with van der Waals surface area (Å²) in [6, 6.07) is 0. The van der Waals surface area contributed by atoms with E-state index in [1.807, 2.05) is 5.43 Å². The van der Waals surface area contributed by atoms with Crippen LogP contribution in [0.3, 0.4) is 0 Å². The molecule has 0 atom stereocenters. The van der Waals surface area contributed by atoms with Crippen molar-refractivity contribution in [3.8, 4) is 0 Å². The average molecular weight is 258 g/mol. The molecular weight excluding hydrogens is 232 g/mol. The normalized spacial score (nSPS) is 10.2. The van der Waals surface area contributed by atoms with Crippen LogP contribution in [0, 0.1) is 0 Å². The SMILES string of the molecule is CCCCCCCCN(N)C(=O)CCC(=O)NN. The lowest BCUT2D eigenvalue weighted by molar-refractivity contribution is -0.134. The van der Waals surface area contributed by atoms with Gasteiger partial charge in [-0.1, -0.05) is 39.0 Å². The van der Waals surface area contributed by atoms with Crippen molar-refractivity contribution in [2.45, 2.75) is 58.3 Å². The smallest absolute Gasteiger partial charge is 0.236 e. The highest BCUT2D eigenvalue weighted by atomic mass is 16.2. The zero-order valence-electron chi connectivity index (χ0n) is 11.3. The second-order valence-electron chi connectivity index (χ2n) is 4.42. The maximum atomic E-state index is 11.5. The number of nitrogens with two attached hydrogens (primary N) is 2. The number of hydrogen-bond acceptors (Lipinski definition) is 4. The summed E-state index contributed by atoms with van der Waals surface area (Å²) in [5.74, 6) is 9.96. The van der Waals surface area contributed by atoms with Crippen LogP contribution in [0.5, 0.6) is 0 Å². The fourth-order valence-corrected chi connectivity index (χ4v) is 1.62. The lowest BCUT2D eigenvalue weighted by atomic mass is 10.1. The van der Waals surface area contributed by atoms with Gasteiger partial charge >= 0.3 is 0 Å². The molecular formula is C12H26N4O2. The average Bonchev–Trinajstić information content (AvgIpc) is 2.39. The molecule has 2 amide bonds. The van der Waals surface area contributed by atoms with Gasteiger partial charge in [0.25, 0.3) is 0 Å². The molecule has 0 rings (SSSR count). The van der Waals surface area contributed by atoms with Gasteiger partial charge in [-0.2, -0.15) is 0 Å². The fraction of sp³-hybridized carbons (Fsp3) is 0.833. The molecule has 0 bridgehead atoms. The molecule has 0 saturated heterocycles. The quantitative estimate of drug-likeness (QED) is 0.234. The van der Waals surface area contributed by atoms with Gasteiger partial charge < -0.3 is 0 Å². The van der Waals surface area contributed by atoms with E-state index < -0.39 is 0 Å². The minimum absolute atomic E-state index is 0.0829. The third kappa shape index (κ3) is 8.95. The Morgan fingerprint density at radius 1 is 1.06 bits per heavy atom. The van der Waals surface area contributed by atoms with Crippen molar-refractivity contribution in [3.05, 3.63) is 0 Å². The molecule has 0 fully saturated rings. The van der Waals surface area contributed by atoms with Gasteiger partial charge in [-0.3, -0.25) is 20.0 Å². The number of amides is 2. The van der Waals surface area contributed by atoms with Crippen LogP contribution in [0.1, 0.15) is 58.3 Å². The Morgan fingerprint density at radius 3 is 2.28 bits per heavy atom. The maximum absolute atomic E-state index is 11.5. The van der Waals surface area contributed by atoms with Crippen molar-refractivity contribution >= 4 is 11.8 Å². The molecule has 5 N–H and O–H groups in total. The molecule has 0 heterocycles. The van der Waals surface area contributed by atoms with E-state index in [0.29, 0.717) is 6.54 Å². The summed E-state index contributed by atoms with van der Waals surface area (Å²) in [6.07, 6.45) is 7.11. The summed E-state index contributed by atoms with van der Waals surface area (Å²) in [7, 11) is 0. The molecule has 0 unspecified atom stereocenters. The van der Waals surface area contributed by atoms with Crippen molar-refractivity contribution in [3.63, 3.8) is 0 Å². The molecule has 0 aliphatic rings. The van der Waals surface area contributed by atoms with E-state index >= 15 is 0 Å². The molecule has 0 aliphatic heterocycles. The summed E-state index contributed by atoms with van der Waals surface area (Å²) in [5.41, 5.74) is 1.98. The number of carbonyl (C=O) groups excluding carboxylic acids is 2. The van der Waals surface area contributed by atoms with Crippen LogP contribution >= 0.6 is 0 Å². The lowest BCUT2D eigenvalue weighted by Crippen LogP contribution is -2.39. The van der Waals surface area contributed by atoms with Gasteiger partial charge in [0.2, 0.25) is 11.8 Å². The van der Waals surface area contributed by atoms with Gasteiger partial charge in [0, 0.05) is 19.4 Å². The predicted molar refractivity (Wildman–Crippen MR) is 70.8 cm³/mol. The van der Waals surface area contributed by atoms with Crippen molar-refractivity contribution < 1.29 is 9.59 Å². The first-order valence-corrected chi connectivity index (χ1v) is 6.66. The van der Waals surface area contributed by atoms with Gasteiger partial charge in [0.1, 0.15) is 0 Å². The Morgan fingerprint density at radius 2 is 1.67 bits per heavy atom. The van der Waals surface area contributed by atoms with Crippen LogP contribution in [0.4, 0.5) is 0 Å². The minimum atomic E-state index is -0.351. The summed E-state index contributed by atoms with van der Waals surface area (Å²) in [5, 5.41) is 1.20. The number of carbonyl (C=O) groups is 2. The van der Waals surface area contributed by atoms with Gasteiger partial charge in [0.15, 0.2) is 0 Å². The first kappa shape index (κ1) is 16.9. The first-order chi connectivity index (χ1) is 8.61. The number of unbranched alkanes of at least 4 members (excludes halogenated alkanes) is 5. The first-order valence-electron chi connectivity index (χ1n) is 6.66. The van der Waals surface area contributed by atoms with Crippen LogP contribution in [0.25, 0.3) is 0 Å². The zero-order valence-corrected chi connectivity index (χ0v) is 11.3. The van der Waals surface area contributed by atoms with E-state index in [1.165, 1.54) is 30.7 Å². The zero-order chi connectivity index (χ0) is 13.8. The second kappa shape index (κ2) is 11.0. The van der Waals surface area contributed by atoms with Gasteiger partial charge in [0.05, 0.1) is 0 Å². The molecule has 0 aromatic rings. The van der Waals surface area contributed by atoms with E-state index in [2.05, 4.69) is 6.92 Å². The fourth-order valence-electron chi connectivity index (χ4n) is 1.62. The van der Waals surface area contributed by atoms with Crippen LogP contribution in [0.2, 0.25) is 0 Å². The van der Waals surface area contributed by atoms with E-state index in [9.17, 15) is 9.59 Å². The Bertz CT molecular complexity index is 246. The molecule has 0 aromatic carbocycles. The molecule has 6 heteroatoms. The highest BCUT2D eigenvalue weighted by molar-refractivity contribution is 5.83. The van der Waals surface area contributed by atoms with Crippen molar-refractivity contribution in [2.75, 3.05) is 6.54 Å². The minimum Gasteiger partial charge on any atom is -0.294 e. The largest absolute Gasteiger partial charge is 0.294 e. The Hall–Kier alpha value is -1.14. The number of nitrogens with one attached hydrogen (secondary N) is 1. The Labute approximate surface area is 109 Å². The molecule has 106 valence electrons. The van der Waals surface area contributed by atoms with E-state index in [1.54, 1.807) is 0 Å². The highest BCUT2D eigenvalue weighted by Crippen LogP contribution is 2.05. The Kier molecular flexibility index (Phi) is 10.3. The highest BCUT2D eigenvalue weighted by Gasteiger charge is 2.10. The standard InChI is InChI=1S/C12H26N4O2/c1-2-3-4-5-6-7-10-16(14)12(18)9-8-11(17)15-13/h2-10,13-14H2,1H3,(H,15,17). The Balaban J connectivity index is 3.53. The summed E-state index contributed by atoms with van der Waals surface area (Å²) in [4.78, 5) is 22.4. The third-order valence-electron chi connectivity index (χ3n) is 2.80. The predicted octanol–water partition coefficient (Wildman–Crippen LogP) is 0.819. The second-order valence-corrected chi connectivity index (χ2v) is 4.42. The van der Waals surface area contributed by atoms with Crippen molar-refractivity contribution in [1.82, 2.24) is 10.4 Å². The molecule has 0 radical (unpaired) electrons. The summed E-state index contributed by atoms with van der Waals surface area (Å²) < 4.78 is 0. The topological polar surface area (TPSA) is 101 Å². The van der Waals surface area contributed by atoms with Crippen LogP contribution in [0.15, 0.2) is 0 Å². The van der Waals surface area contributed by atoms with Crippen LogP contribution in [-0.2, 0) is 9.59 Å². The molecule has 6 nitrogen and oxygen atoms in total. The molecule has 0 aromatic heterocycles. The molecule has 18 heavy (non-hydrogen) atoms. The molecule has 0 aliphatic carbocycles. The van der Waals surface area contributed by atoms with Gasteiger partial charge in [-0.25, -0.2) is 11.7 Å². The maximum Gasteiger partial charge on any atom is 0.236 e. The lowest BCUT2D eigenvalue weighted by Gasteiger charge is -2.16. The monoisotopic (exact) mass is 258 g/mol.